The fraction of sp³-hybridized carbons (Fsp3) is 0.481. The Morgan fingerprint density at radius 2 is 0.711 bits per heavy atom. The van der Waals surface area contributed by atoms with Gasteiger partial charge in [0, 0.05) is 151 Å². The third kappa shape index (κ3) is 30.4. The first-order valence-electron chi connectivity index (χ1n) is 39.3. The van der Waals surface area contributed by atoms with E-state index in [4.69, 9.17) is 98.0 Å². The first-order chi connectivity index (χ1) is 57.7. The van der Waals surface area contributed by atoms with E-state index in [1.54, 1.807) is 54.6 Å². The molecule has 3 aliphatic heterocycles. The third-order valence-corrected chi connectivity index (χ3v) is 26.5. The SMILES string of the molecule is CN1Cc2c(Cl)cc(Cl)cc2[C@H](c2cccc(S(=O)(=O)NCCOCCOCCNC(=O)CCC(CCC(=O)NCCOCCOCCNS(=O)(=O)c3cccc([C@@H]4CN(C)Cc5c(Cl)cc(Cl)cc54)c3)(CCC(=O)NCCOCCOCCNS(=O)(=O)c3cccc([C@@H]4CN(C)Cc5c(Cl)cc(Cl)cc54)c3)NC(=O)N[C@@H](CC(=O)O)C(=O)O)c2)C1. The largest absolute Gasteiger partial charge is 0.481 e. The number of likely N-dealkylation sites (N-methyl/N-ethyl adjacent to an activating group) is 3. The summed E-state index contributed by atoms with van der Waals surface area (Å²) in [5.41, 5.74) is 6.30. The van der Waals surface area contributed by atoms with Crippen LogP contribution in [0.2, 0.25) is 30.1 Å². The van der Waals surface area contributed by atoms with Crippen LogP contribution in [-0.4, -0.2) is 257 Å². The second kappa shape index (κ2) is 47.4. The second-order valence-electron chi connectivity index (χ2n) is 29.6. The van der Waals surface area contributed by atoms with Gasteiger partial charge < -0.3 is 79.9 Å². The summed E-state index contributed by atoms with van der Waals surface area (Å²) in [4.78, 5) is 85.1. The first kappa shape index (κ1) is 97.9. The Bertz CT molecular complexity index is 4500. The van der Waals surface area contributed by atoms with E-state index in [9.17, 15) is 64.2 Å². The summed E-state index contributed by atoms with van der Waals surface area (Å²) in [6.45, 7) is 3.95. The lowest BCUT2D eigenvalue weighted by Gasteiger charge is -2.35. The van der Waals surface area contributed by atoms with Gasteiger partial charge in [0.25, 0.3) is 0 Å². The van der Waals surface area contributed by atoms with E-state index in [0.29, 0.717) is 69.4 Å². The third-order valence-electron chi connectivity index (χ3n) is 20.5. The Kier molecular flexibility index (Phi) is 38.3. The zero-order valence-corrected chi connectivity index (χ0v) is 74.2. The van der Waals surface area contributed by atoms with Crippen molar-refractivity contribution in [1.82, 2.24) is 55.4 Å². The highest BCUT2D eigenvalue weighted by Gasteiger charge is 2.37. The number of ether oxygens (including phenoxy) is 6. The highest BCUT2D eigenvalue weighted by Crippen LogP contribution is 2.43. The highest BCUT2D eigenvalue weighted by molar-refractivity contribution is 7.90. The first-order valence-corrected chi connectivity index (χ1v) is 46.0. The van der Waals surface area contributed by atoms with E-state index in [2.05, 4.69) is 55.4 Å². The molecule has 40 heteroatoms. The van der Waals surface area contributed by atoms with E-state index in [0.717, 1.165) is 50.1 Å². The number of amides is 5. The van der Waals surface area contributed by atoms with E-state index in [1.807, 2.05) is 57.5 Å². The lowest BCUT2D eigenvalue weighted by Crippen LogP contribution is -2.56. The summed E-state index contributed by atoms with van der Waals surface area (Å²) in [5.74, 6) is -5.41. The molecule has 0 aliphatic carbocycles. The summed E-state index contributed by atoms with van der Waals surface area (Å²) in [6.07, 6.45) is -2.70. The number of aliphatic carboxylic acids is 2. The molecule has 0 unspecified atom stereocenters. The normalized spacial score (nSPS) is 16.2. The van der Waals surface area contributed by atoms with Gasteiger partial charge in [0.1, 0.15) is 6.04 Å². The van der Waals surface area contributed by atoms with Gasteiger partial charge in [-0.2, -0.15) is 0 Å². The number of sulfonamides is 3. The Morgan fingerprint density at radius 1 is 0.421 bits per heavy atom. The Morgan fingerprint density at radius 3 is 0.992 bits per heavy atom. The monoisotopic (exact) mass is 1860 g/mol. The van der Waals surface area contributed by atoms with Crippen molar-refractivity contribution >= 4 is 135 Å². The van der Waals surface area contributed by atoms with E-state index in [1.165, 1.54) is 18.2 Å². The van der Waals surface area contributed by atoms with Gasteiger partial charge in [0.2, 0.25) is 47.8 Å². The number of hydrogen-bond acceptors (Lipinski definition) is 21. The molecule has 9 rings (SSSR count). The van der Waals surface area contributed by atoms with Gasteiger partial charge in [-0.05, 0) is 163 Å². The van der Waals surface area contributed by atoms with Crippen molar-refractivity contribution in [3.8, 4) is 0 Å². The molecule has 3 aliphatic rings. The molecule has 6 aromatic carbocycles. The standard InChI is InChI=1S/C81H103Cl6N11O20S3/c1-96-47-65(62-40-56(82)43-71(85)68(62)50-96)53-7-4-10-59(37-53)119(107,108)91-22-28-116-34-31-113-25-19-88-75(99)13-16-81(95-80(106)94-74(79(104)105)46-78(102)103,17-14-76(100)89-20-26-114-32-35-117-29-23-92-120(109,110)60-11-5-8-54(38-60)66-48-97(2)51-69-63(66)41-57(83)44-72(69)86)18-15-77(101)90-21-27-115-33-36-118-30-24-93-121(111,112)61-12-6-9-55(39-61)67-49-98(3)52-70-64(67)42-58(84)45-73(70)87/h4-12,37-45,65-67,74,91-93H,13-36,46-52H2,1-3H3,(H,88,99)(H,89,100)(H,90,101)(H,102,103)(H,104,105)(H2,94,95,106)/t65-,66-,67-,74-/m0/s1. The van der Waals surface area contributed by atoms with Crippen molar-refractivity contribution in [2.45, 2.75) is 109 Å². The maximum absolute atomic E-state index is 13.8. The van der Waals surface area contributed by atoms with Crippen LogP contribution in [0.15, 0.2) is 124 Å². The number of hydrogen-bond donors (Lipinski definition) is 10. The average molecular weight is 1860 g/mol. The fourth-order valence-corrected chi connectivity index (χ4v) is 19.4. The molecule has 10 N–H and O–H groups in total. The fourth-order valence-electron chi connectivity index (χ4n) is 14.5. The number of urea groups is 1. The number of carboxylic acids is 2. The van der Waals surface area contributed by atoms with Gasteiger partial charge in [-0.1, -0.05) is 106 Å². The van der Waals surface area contributed by atoms with Crippen LogP contribution >= 0.6 is 69.6 Å². The Balaban J connectivity index is 0.730. The van der Waals surface area contributed by atoms with Crippen LogP contribution in [0.4, 0.5) is 4.79 Å². The average Bonchev–Trinajstić information content (AvgIpc) is 0.780. The number of benzene rings is 6. The zero-order valence-electron chi connectivity index (χ0n) is 67.2. The topological polar surface area (TPSA) is 407 Å². The number of halogens is 6. The predicted octanol–water partition coefficient (Wildman–Crippen LogP) is 8.33. The molecule has 0 bridgehead atoms. The number of carbonyl (C=O) groups is 6. The minimum atomic E-state index is -3.95. The summed E-state index contributed by atoms with van der Waals surface area (Å²) in [6, 6.07) is 27.6. The molecule has 4 atom stereocenters. The van der Waals surface area contributed by atoms with Crippen molar-refractivity contribution in [3.63, 3.8) is 0 Å². The lowest BCUT2D eigenvalue weighted by atomic mass is 9.83. The maximum Gasteiger partial charge on any atom is 0.326 e. The summed E-state index contributed by atoms with van der Waals surface area (Å²) >= 11 is 38.9. The number of rotatable bonds is 50. The van der Waals surface area contributed by atoms with E-state index in [-0.39, 0.29) is 190 Å². The zero-order chi connectivity index (χ0) is 87.4. The van der Waals surface area contributed by atoms with Crippen LogP contribution in [0.1, 0.15) is 113 Å². The van der Waals surface area contributed by atoms with Gasteiger partial charge in [0.05, 0.1) is 100 Å². The minimum absolute atomic E-state index is 0.00348. The smallest absolute Gasteiger partial charge is 0.326 e. The van der Waals surface area contributed by atoms with Gasteiger partial charge in [-0.25, -0.2) is 49.0 Å². The van der Waals surface area contributed by atoms with Crippen LogP contribution in [0.25, 0.3) is 0 Å². The Hall–Kier alpha value is -6.95. The summed E-state index contributed by atoms with van der Waals surface area (Å²) in [7, 11) is -5.97. The number of carbonyl (C=O) groups excluding carboxylic acids is 4. The minimum Gasteiger partial charge on any atom is -0.481 e. The second-order valence-corrected chi connectivity index (χ2v) is 37.4. The van der Waals surface area contributed by atoms with Crippen LogP contribution in [0.5, 0.6) is 0 Å². The number of carboxylic acid groups (broad SMARTS) is 2. The molecule has 3 heterocycles. The predicted molar refractivity (Wildman–Crippen MR) is 459 cm³/mol. The van der Waals surface area contributed by atoms with Crippen molar-refractivity contribution in [1.29, 1.82) is 0 Å². The molecule has 0 spiro atoms. The van der Waals surface area contributed by atoms with Crippen LogP contribution in [-0.2, 0) is 102 Å². The Labute approximate surface area is 735 Å². The molecule has 0 aromatic heterocycles. The quantitative estimate of drug-likeness (QED) is 0.0160. The lowest BCUT2D eigenvalue weighted by molar-refractivity contribution is -0.145. The summed E-state index contributed by atoms with van der Waals surface area (Å²) < 4.78 is 122. The van der Waals surface area contributed by atoms with Gasteiger partial charge in [-0.3, -0.25) is 19.2 Å². The molecule has 662 valence electrons. The molecule has 5 amide bonds. The molecule has 0 saturated heterocycles. The molecule has 0 radical (unpaired) electrons. The molecule has 31 nitrogen and oxygen atoms in total. The number of nitrogens with zero attached hydrogens (tertiary/aromatic N) is 3. The molecule has 6 aromatic rings. The van der Waals surface area contributed by atoms with Crippen molar-refractivity contribution < 1.29 is 92.7 Å². The molecular weight excluding hydrogens is 1760 g/mol. The van der Waals surface area contributed by atoms with Gasteiger partial charge in [0.15, 0.2) is 0 Å². The highest BCUT2D eigenvalue weighted by atomic mass is 35.5. The summed E-state index contributed by atoms with van der Waals surface area (Å²) in [5, 5.41) is 35.4. The number of nitrogens with one attached hydrogen (secondary N) is 8. The molecule has 0 fully saturated rings. The molecule has 0 saturated carbocycles. The van der Waals surface area contributed by atoms with Crippen LogP contribution < -0.4 is 40.8 Å². The van der Waals surface area contributed by atoms with Crippen molar-refractivity contribution in [2.24, 2.45) is 0 Å². The van der Waals surface area contributed by atoms with Crippen LogP contribution in [0, 0.1) is 0 Å². The van der Waals surface area contributed by atoms with Gasteiger partial charge >= 0.3 is 18.0 Å². The maximum atomic E-state index is 13.8. The van der Waals surface area contributed by atoms with Crippen molar-refractivity contribution in [3.05, 3.63) is 189 Å². The van der Waals surface area contributed by atoms with Gasteiger partial charge in [-0.15, -0.1) is 0 Å². The van der Waals surface area contributed by atoms with Crippen LogP contribution in [0.3, 0.4) is 0 Å². The molecular formula is C81H103Cl6N11O20S3. The van der Waals surface area contributed by atoms with Crippen molar-refractivity contribution in [2.75, 3.05) is 159 Å². The van der Waals surface area contributed by atoms with E-state index >= 15 is 0 Å². The number of fused-ring (bicyclic) bond motifs is 3. The van der Waals surface area contributed by atoms with E-state index < -0.39 is 83.8 Å². The molecule has 121 heavy (non-hydrogen) atoms.